The Kier molecular flexibility index (Phi) is 5.50. The monoisotopic (exact) mass is 406 g/mol. The van der Waals surface area contributed by atoms with Gasteiger partial charge in [0.05, 0.1) is 18.9 Å². The number of nitrogens with zero attached hydrogens (tertiary/aromatic N) is 4. The molecule has 1 aliphatic rings. The van der Waals surface area contributed by atoms with Crippen LogP contribution in [0.2, 0.25) is 0 Å². The molecule has 1 aliphatic heterocycles. The Bertz CT molecular complexity index is 1070. The third-order valence-electron chi connectivity index (χ3n) is 5.38. The predicted octanol–water partition coefficient (Wildman–Crippen LogP) is 3.02. The topological polar surface area (TPSA) is 110 Å². The molecule has 3 N–H and O–H groups in total. The van der Waals surface area contributed by atoms with E-state index in [1.54, 1.807) is 6.20 Å². The van der Waals surface area contributed by atoms with Crippen molar-refractivity contribution in [3.8, 4) is 22.4 Å². The first kappa shape index (κ1) is 20.0. The number of benzene rings is 1. The second kappa shape index (κ2) is 8.23. The second-order valence-electron chi connectivity index (χ2n) is 7.80. The van der Waals surface area contributed by atoms with Crippen LogP contribution in [-0.4, -0.2) is 57.5 Å². The fourth-order valence-electron chi connectivity index (χ4n) is 3.68. The van der Waals surface area contributed by atoms with Gasteiger partial charge in [0.15, 0.2) is 0 Å². The average molecular weight is 406 g/mol. The number of H-pyrrole nitrogens is 1. The first-order valence-electron chi connectivity index (χ1n) is 10.1. The lowest BCUT2D eigenvalue weighted by Crippen LogP contribution is -2.40. The Morgan fingerprint density at radius 1 is 1.17 bits per heavy atom. The number of ether oxygens (including phenoxy) is 1. The predicted molar refractivity (Wildman–Crippen MR) is 115 cm³/mol. The minimum absolute atomic E-state index is 0.0441. The van der Waals surface area contributed by atoms with Crippen molar-refractivity contribution < 1.29 is 9.53 Å². The van der Waals surface area contributed by atoms with E-state index in [9.17, 15) is 4.79 Å². The van der Waals surface area contributed by atoms with Gasteiger partial charge in [0.25, 0.3) is 5.91 Å². The smallest absolute Gasteiger partial charge is 0.254 e. The van der Waals surface area contributed by atoms with Crippen LogP contribution in [0.3, 0.4) is 0 Å². The maximum absolute atomic E-state index is 12.8. The summed E-state index contributed by atoms with van der Waals surface area (Å²) in [6, 6.07) is 7.82. The van der Waals surface area contributed by atoms with Crippen molar-refractivity contribution in [2.75, 3.05) is 32.0 Å². The lowest BCUT2D eigenvalue weighted by Gasteiger charge is -2.27. The van der Waals surface area contributed by atoms with Crippen molar-refractivity contribution in [1.82, 2.24) is 25.3 Å². The lowest BCUT2D eigenvalue weighted by molar-refractivity contribution is 0.0302. The molecule has 0 saturated carbocycles. The zero-order valence-corrected chi connectivity index (χ0v) is 17.5. The molecule has 8 heteroatoms. The largest absolute Gasteiger partial charge is 0.383 e. The molecule has 0 radical (unpaired) electrons. The molecule has 2 aromatic heterocycles. The summed E-state index contributed by atoms with van der Waals surface area (Å²) in [5.74, 6) is 0.655. The lowest BCUT2D eigenvalue weighted by atomic mass is 9.97. The summed E-state index contributed by atoms with van der Waals surface area (Å²) >= 11 is 0. The van der Waals surface area contributed by atoms with Gasteiger partial charge in [-0.15, -0.1) is 0 Å². The van der Waals surface area contributed by atoms with E-state index in [1.807, 2.05) is 36.1 Å². The number of aromatic amines is 1. The number of carbonyl (C=O) groups is 1. The van der Waals surface area contributed by atoms with Crippen LogP contribution in [0.15, 0.2) is 30.5 Å². The summed E-state index contributed by atoms with van der Waals surface area (Å²) in [5, 5.41) is 11.2. The van der Waals surface area contributed by atoms with Crippen LogP contribution in [0.4, 0.5) is 5.82 Å². The third kappa shape index (κ3) is 3.78. The Hall–Kier alpha value is -3.26. The second-order valence-corrected chi connectivity index (χ2v) is 7.80. The fourth-order valence-corrected chi connectivity index (χ4v) is 3.68. The summed E-state index contributed by atoms with van der Waals surface area (Å²) in [5.41, 5.74) is 12.0. The first-order valence-corrected chi connectivity index (χ1v) is 10.1. The van der Waals surface area contributed by atoms with E-state index in [0.717, 1.165) is 27.9 Å². The number of rotatable bonds is 4. The van der Waals surface area contributed by atoms with Gasteiger partial charge in [-0.1, -0.05) is 26.0 Å². The summed E-state index contributed by atoms with van der Waals surface area (Å²) in [6.07, 6.45) is 1.74. The molecule has 0 spiro atoms. The molecule has 1 saturated heterocycles. The molecule has 0 atom stereocenters. The van der Waals surface area contributed by atoms with E-state index in [4.69, 9.17) is 10.5 Å². The quantitative estimate of drug-likeness (QED) is 0.689. The number of hydrogen-bond acceptors (Lipinski definition) is 6. The Morgan fingerprint density at radius 3 is 2.63 bits per heavy atom. The van der Waals surface area contributed by atoms with Crippen LogP contribution in [0.1, 0.15) is 41.4 Å². The molecule has 3 aromatic rings. The van der Waals surface area contributed by atoms with Crippen molar-refractivity contribution >= 4 is 11.7 Å². The van der Waals surface area contributed by atoms with Gasteiger partial charge in [-0.05, 0) is 36.1 Å². The van der Waals surface area contributed by atoms with Crippen molar-refractivity contribution in [2.24, 2.45) is 0 Å². The highest BCUT2D eigenvalue weighted by Crippen LogP contribution is 2.32. The number of amides is 1. The highest BCUT2D eigenvalue weighted by Gasteiger charge is 2.21. The zero-order chi connectivity index (χ0) is 21.3. The first-order chi connectivity index (χ1) is 14.5. The highest BCUT2D eigenvalue weighted by atomic mass is 16.5. The molecular weight excluding hydrogens is 380 g/mol. The molecule has 1 amide bonds. The number of nitrogens with two attached hydrogens (primary N) is 1. The molecule has 1 aromatic carbocycles. The fraction of sp³-hybridized carbons (Fsp3) is 0.364. The summed E-state index contributed by atoms with van der Waals surface area (Å²) in [7, 11) is 0. The van der Waals surface area contributed by atoms with Crippen LogP contribution in [0, 0.1) is 6.92 Å². The maximum Gasteiger partial charge on any atom is 0.254 e. The van der Waals surface area contributed by atoms with Crippen molar-refractivity contribution in [1.29, 1.82) is 0 Å². The number of nitrogens with one attached hydrogen (secondary N) is 1. The van der Waals surface area contributed by atoms with Crippen molar-refractivity contribution in [2.45, 2.75) is 26.7 Å². The SMILES string of the molecule is Cc1cc(-c2cnc(N)c(-c3n[nH]nc3C(C)C)c2)ccc1C(=O)N1CCOCC1. The van der Waals surface area contributed by atoms with Gasteiger partial charge >= 0.3 is 0 Å². The molecule has 0 aliphatic carbocycles. The van der Waals surface area contributed by atoms with Crippen LogP contribution in [0.5, 0.6) is 0 Å². The number of morpholine rings is 1. The molecule has 156 valence electrons. The number of aryl methyl sites for hydroxylation is 1. The van der Waals surface area contributed by atoms with Gasteiger partial charge < -0.3 is 15.4 Å². The van der Waals surface area contributed by atoms with Crippen LogP contribution in [-0.2, 0) is 4.74 Å². The molecule has 30 heavy (non-hydrogen) atoms. The molecule has 0 bridgehead atoms. The Morgan fingerprint density at radius 2 is 1.93 bits per heavy atom. The van der Waals surface area contributed by atoms with Crippen LogP contribution < -0.4 is 5.73 Å². The summed E-state index contributed by atoms with van der Waals surface area (Å²) in [6.45, 7) is 8.50. The molecule has 3 heterocycles. The number of anilines is 1. The molecule has 4 rings (SSSR count). The summed E-state index contributed by atoms with van der Waals surface area (Å²) < 4.78 is 5.34. The highest BCUT2D eigenvalue weighted by molar-refractivity contribution is 5.96. The van der Waals surface area contributed by atoms with Crippen LogP contribution in [0.25, 0.3) is 22.4 Å². The van der Waals surface area contributed by atoms with E-state index >= 15 is 0 Å². The third-order valence-corrected chi connectivity index (χ3v) is 5.38. The minimum atomic E-state index is 0.0441. The molecular formula is C22H26N6O2. The van der Waals surface area contributed by atoms with Crippen molar-refractivity contribution in [3.05, 3.63) is 47.3 Å². The van der Waals surface area contributed by atoms with Crippen LogP contribution >= 0.6 is 0 Å². The number of pyridine rings is 1. The standard InChI is InChI=1S/C22H26N6O2/c1-13(2)19-20(26-27-25-19)18-11-16(12-24-21(18)23)15-4-5-17(14(3)10-15)22(29)28-6-8-30-9-7-28/h4-5,10-13H,6-9H2,1-3H3,(H2,23,24)(H,25,26,27). The van der Waals surface area contributed by atoms with Gasteiger partial charge in [0.1, 0.15) is 11.5 Å². The van der Waals surface area contributed by atoms with Gasteiger partial charge in [-0.3, -0.25) is 4.79 Å². The van der Waals surface area contributed by atoms with Gasteiger partial charge in [-0.25, -0.2) is 4.98 Å². The average Bonchev–Trinajstić information content (AvgIpc) is 3.24. The van der Waals surface area contributed by atoms with E-state index in [-0.39, 0.29) is 11.8 Å². The van der Waals surface area contributed by atoms with E-state index in [2.05, 4.69) is 34.2 Å². The maximum atomic E-state index is 12.8. The number of nitrogen functional groups attached to an aromatic ring is 1. The normalized spacial score (nSPS) is 14.3. The van der Waals surface area contributed by atoms with Gasteiger partial charge in [-0.2, -0.15) is 15.4 Å². The van der Waals surface area contributed by atoms with E-state index < -0.39 is 0 Å². The zero-order valence-electron chi connectivity index (χ0n) is 17.5. The number of carbonyl (C=O) groups excluding carboxylic acids is 1. The summed E-state index contributed by atoms with van der Waals surface area (Å²) in [4.78, 5) is 19.1. The minimum Gasteiger partial charge on any atom is -0.383 e. The number of hydrogen-bond donors (Lipinski definition) is 2. The Balaban J connectivity index is 1.67. The van der Waals surface area contributed by atoms with Crippen molar-refractivity contribution in [3.63, 3.8) is 0 Å². The van der Waals surface area contributed by atoms with Gasteiger partial charge in [0.2, 0.25) is 0 Å². The molecule has 0 unspecified atom stereocenters. The van der Waals surface area contributed by atoms with Gasteiger partial charge in [0, 0.05) is 36.0 Å². The van der Waals surface area contributed by atoms with E-state index in [1.165, 1.54) is 0 Å². The van der Waals surface area contributed by atoms with E-state index in [0.29, 0.717) is 43.4 Å². The number of aromatic nitrogens is 4. The Labute approximate surface area is 175 Å². The molecule has 1 fully saturated rings. The molecule has 8 nitrogen and oxygen atoms in total.